The molecule has 84 valence electrons. The van der Waals surface area contributed by atoms with Gasteiger partial charge in [-0.1, -0.05) is 15.9 Å². The number of aromatic nitrogens is 2. The first-order valence-corrected chi connectivity index (χ1v) is 6.71. The molecule has 0 amide bonds. The van der Waals surface area contributed by atoms with Gasteiger partial charge in [0.1, 0.15) is 5.82 Å². The highest BCUT2D eigenvalue weighted by molar-refractivity contribution is 9.10. The smallest absolute Gasteiger partial charge is 0.127 e. The van der Waals surface area contributed by atoms with Crippen molar-refractivity contribution in [3.05, 3.63) is 28.5 Å². The minimum atomic E-state index is -0.0354. The Labute approximate surface area is 108 Å². The SMILES string of the molecule is CC(Cl)c1nc2ccc(Br)cc2n1C1CC1. The molecule has 1 unspecified atom stereocenters. The van der Waals surface area contributed by atoms with Crippen molar-refractivity contribution in [3.8, 4) is 0 Å². The first-order valence-electron chi connectivity index (χ1n) is 5.48. The van der Waals surface area contributed by atoms with Crippen molar-refractivity contribution < 1.29 is 0 Å². The fourth-order valence-corrected chi connectivity index (χ4v) is 2.58. The van der Waals surface area contributed by atoms with Crippen LogP contribution in [0.2, 0.25) is 0 Å². The van der Waals surface area contributed by atoms with Gasteiger partial charge in [0.2, 0.25) is 0 Å². The van der Waals surface area contributed by atoms with Crippen molar-refractivity contribution in [2.45, 2.75) is 31.2 Å². The highest BCUT2D eigenvalue weighted by atomic mass is 79.9. The van der Waals surface area contributed by atoms with E-state index >= 15 is 0 Å². The summed E-state index contributed by atoms with van der Waals surface area (Å²) in [5.74, 6) is 0.997. The van der Waals surface area contributed by atoms with Crippen molar-refractivity contribution in [1.82, 2.24) is 9.55 Å². The highest BCUT2D eigenvalue weighted by Gasteiger charge is 2.29. The third kappa shape index (κ3) is 1.66. The molecular weight excluding hydrogens is 288 g/mol. The maximum Gasteiger partial charge on any atom is 0.127 e. The molecule has 1 fully saturated rings. The van der Waals surface area contributed by atoms with Gasteiger partial charge in [0.25, 0.3) is 0 Å². The van der Waals surface area contributed by atoms with Crippen molar-refractivity contribution in [2.75, 3.05) is 0 Å². The van der Waals surface area contributed by atoms with E-state index in [2.05, 4.69) is 31.5 Å². The second-order valence-corrected chi connectivity index (χ2v) is 5.89. The van der Waals surface area contributed by atoms with Gasteiger partial charge >= 0.3 is 0 Å². The number of nitrogens with zero attached hydrogens (tertiary/aromatic N) is 2. The fraction of sp³-hybridized carbons (Fsp3) is 0.417. The van der Waals surface area contributed by atoms with Crippen molar-refractivity contribution in [1.29, 1.82) is 0 Å². The zero-order chi connectivity index (χ0) is 11.3. The number of hydrogen-bond acceptors (Lipinski definition) is 1. The molecule has 1 atom stereocenters. The van der Waals surface area contributed by atoms with Gasteiger partial charge in [-0.2, -0.15) is 0 Å². The van der Waals surface area contributed by atoms with E-state index in [1.54, 1.807) is 0 Å². The Bertz CT molecular complexity index is 543. The van der Waals surface area contributed by atoms with E-state index < -0.39 is 0 Å². The quantitative estimate of drug-likeness (QED) is 0.750. The number of rotatable bonds is 2. The van der Waals surface area contributed by atoms with Gasteiger partial charge in [0.15, 0.2) is 0 Å². The van der Waals surface area contributed by atoms with E-state index in [9.17, 15) is 0 Å². The van der Waals surface area contributed by atoms with Gasteiger partial charge in [-0.25, -0.2) is 4.98 Å². The summed E-state index contributed by atoms with van der Waals surface area (Å²) in [6.45, 7) is 1.98. The number of halogens is 2. The van der Waals surface area contributed by atoms with Crippen LogP contribution in [0.25, 0.3) is 11.0 Å². The standard InChI is InChI=1S/C12H12BrClN2/c1-7(14)12-15-10-5-2-8(13)6-11(10)16(12)9-3-4-9/h2,5-7,9H,3-4H2,1H3. The van der Waals surface area contributed by atoms with Gasteiger partial charge in [0.05, 0.1) is 16.4 Å². The Morgan fingerprint density at radius 1 is 1.50 bits per heavy atom. The molecule has 4 heteroatoms. The Kier molecular flexibility index (Phi) is 2.48. The van der Waals surface area contributed by atoms with Crippen molar-refractivity contribution in [2.24, 2.45) is 0 Å². The Morgan fingerprint density at radius 2 is 2.25 bits per heavy atom. The Morgan fingerprint density at radius 3 is 2.88 bits per heavy atom. The maximum atomic E-state index is 6.20. The number of alkyl halides is 1. The largest absolute Gasteiger partial charge is 0.324 e. The molecule has 0 radical (unpaired) electrons. The minimum absolute atomic E-state index is 0.0354. The van der Waals surface area contributed by atoms with E-state index in [4.69, 9.17) is 11.6 Å². The molecule has 16 heavy (non-hydrogen) atoms. The molecule has 1 heterocycles. The molecule has 3 rings (SSSR count). The monoisotopic (exact) mass is 298 g/mol. The van der Waals surface area contributed by atoms with Crippen LogP contribution in [-0.4, -0.2) is 9.55 Å². The van der Waals surface area contributed by atoms with Crippen LogP contribution in [-0.2, 0) is 0 Å². The summed E-state index contributed by atoms with van der Waals surface area (Å²) < 4.78 is 3.40. The Balaban J connectivity index is 2.29. The van der Waals surface area contributed by atoms with Crippen molar-refractivity contribution >= 4 is 38.6 Å². The molecule has 1 aliphatic carbocycles. The molecule has 0 N–H and O–H groups in total. The molecule has 1 aliphatic rings. The first-order chi connectivity index (χ1) is 7.66. The van der Waals surface area contributed by atoms with Crippen LogP contribution in [0.5, 0.6) is 0 Å². The number of imidazole rings is 1. The summed E-state index contributed by atoms with van der Waals surface area (Å²) in [5.41, 5.74) is 2.23. The number of benzene rings is 1. The van der Waals surface area contributed by atoms with Crippen LogP contribution in [0.4, 0.5) is 0 Å². The molecule has 1 saturated carbocycles. The molecule has 0 bridgehead atoms. The van der Waals surface area contributed by atoms with Crippen LogP contribution >= 0.6 is 27.5 Å². The van der Waals surface area contributed by atoms with Crippen LogP contribution in [0, 0.1) is 0 Å². The summed E-state index contributed by atoms with van der Waals surface area (Å²) in [5, 5.41) is -0.0354. The van der Waals surface area contributed by atoms with Gasteiger partial charge in [-0.3, -0.25) is 0 Å². The lowest BCUT2D eigenvalue weighted by Crippen LogP contribution is -2.01. The first kappa shape index (κ1) is 10.6. The van der Waals surface area contributed by atoms with E-state index in [0.717, 1.165) is 15.8 Å². The highest BCUT2D eigenvalue weighted by Crippen LogP contribution is 2.41. The average Bonchev–Trinajstić information content (AvgIpc) is 2.99. The minimum Gasteiger partial charge on any atom is -0.324 e. The Hall–Kier alpha value is -0.540. The van der Waals surface area contributed by atoms with Gasteiger partial charge < -0.3 is 4.57 Å². The second-order valence-electron chi connectivity index (χ2n) is 4.32. The molecule has 0 spiro atoms. The lowest BCUT2D eigenvalue weighted by Gasteiger charge is -2.08. The summed E-state index contributed by atoms with van der Waals surface area (Å²) in [7, 11) is 0. The predicted molar refractivity (Wildman–Crippen MR) is 70.0 cm³/mol. The van der Waals surface area contributed by atoms with E-state index in [1.807, 2.05) is 19.1 Å². The maximum absolute atomic E-state index is 6.20. The zero-order valence-corrected chi connectivity index (χ0v) is 11.3. The van der Waals surface area contributed by atoms with E-state index in [0.29, 0.717) is 6.04 Å². The number of hydrogen-bond donors (Lipinski definition) is 0. The van der Waals surface area contributed by atoms with Crippen LogP contribution in [0.1, 0.15) is 37.0 Å². The van der Waals surface area contributed by atoms with Crippen LogP contribution < -0.4 is 0 Å². The lowest BCUT2D eigenvalue weighted by molar-refractivity contribution is 0.700. The fourth-order valence-electron chi connectivity index (χ4n) is 2.08. The van der Waals surface area contributed by atoms with E-state index in [-0.39, 0.29) is 5.38 Å². The molecule has 0 aliphatic heterocycles. The topological polar surface area (TPSA) is 17.8 Å². The summed E-state index contributed by atoms with van der Waals surface area (Å²) >= 11 is 9.70. The van der Waals surface area contributed by atoms with Crippen LogP contribution in [0.3, 0.4) is 0 Å². The van der Waals surface area contributed by atoms with E-state index in [1.165, 1.54) is 18.4 Å². The third-order valence-corrected chi connectivity index (χ3v) is 3.64. The third-order valence-electron chi connectivity index (χ3n) is 2.95. The van der Waals surface area contributed by atoms with Gasteiger partial charge in [-0.15, -0.1) is 11.6 Å². The zero-order valence-electron chi connectivity index (χ0n) is 8.95. The van der Waals surface area contributed by atoms with Crippen molar-refractivity contribution in [3.63, 3.8) is 0 Å². The summed E-state index contributed by atoms with van der Waals surface area (Å²) in [4.78, 5) is 4.62. The molecule has 2 aromatic rings. The second kappa shape index (κ2) is 3.74. The van der Waals surface area contributed by atoms with Gasteiger partial charge in [0, 0.05) is 10.5 Å². The predicted octanol–water partition coefficient (Wildman–Crippen LogP) is 4.43. The molecule has 2 nitrogen and oxygen atoms in total. The average molecular weight is 300 g/mol. The molecular formula is C12H12BrClN2. The summed E-state index contributed by atoms with van der Waals surface area (Å²) in [6, 6.07) is 6.80. The normalized spacial score (nSPS) is 17.9. The summed E-state index contributed by atoms with van der Waals surface area (Å²) in [6.07, 6.45) is 2.49. The molecule has 0 saturated heterocycles. The number of fused-ring (bicyclic) bond motifs is 1. The lowest BCUT2D eigenvalue weighted by atomic mass is 10.3. The molecule has 1 aromatic carbocycles. The van der Waals surface area contributed by atoms with Gasteiger partial charge in [-0.05, 0) is 38.0 Å². The van der Waals surface area contributed by atoms with Crippen LogP contribution in [0.15, 0.2) is 22.7 Å². The molecule has 1 aromatic heterocycles.